The van der Waals surface area contributed by atoms with E-state index in [1.807, 2.05) is 10.9 Å². The molecular weight excluding hydrogens is 230 g/mol. The SMILES string of the molecule is CCCn1cc(C(N)CC2CCSCC2)cn1. The normalized spacial score (nSPS) is 19.4. The highest BCUT2D eigenvalue weighted by Gasteiger charge is 2.18. The summed E-state index contributed by atoms with van der Waals surface area (Å²) < 4.78 is 2.01. The zero-order valence-electron chi connectivity index (χ0n) is 10.6. The maximum Gasteiger partial charge on any atom is 0.0537 e. The molecule has 0 aliphatic carbocycles. The molecule has 0 radical (unpaired) electrons. The van der Waals surface area contributed by atoms with Crippen molar-refractivity contribution < 1.29 is 0 Å². The number of aromatic nitrogens is 2. The Labute approximate surface area is 108 Å². The molecule has 0 aromatic carbocycles. The Balaban J connectivity index is 1.86. The molecule has 4 heteroatoms. The fraction of sp³-hybridized carbons (Fsp3) is 0.769. The first-order valence-corrected chi connectivity index (χ1v) is 7.80. The van der Waals surface area contributed by atoms with Gasteiger partial charge < -0.3 is 5.73 Å². The van der Waals surface area contributed by atoms with Crippen molar-refractivity contribution in [1.82, 2.24) is 9.78 Å². The molecule has 2 N–H and O–H groups in total. The van der Waals surface area contributed by atoms with Gasteiger partial charge in [0, 0.05) is 24.3 Å². The fourth-order valence-corrected chi connectivity index (χ4v) is 3.60. The van der Waals surface area contributed by atoms with Crippen molar-refractivity contribution in [3.05, 3.63) is 18.0 Å². The van der Waals surface area contributed by atoms with Crippen LogP contribution in [0.25, 0.3) is 0 Å². The average Bonchev–Trinajstić information content (AvgIpc) is 2.79. The summed E-state index contributed by atoms with van der Waals surface area (Å²) in [7, 11) is 0. The third-order valence-electron chi connectivity index (χ3n) is 3.46. The molecular formula is C13H23N3S. The molecule has 2 rings (SSSR count). The van der Waals surface area contributed by atoms with Crippen LogP contribution in [0.3, 0.4) is 0 Å². The third kappa shape index (κ3) is 3.75. The molecule has 0 amide bonds. The van der Waals surface area contributed by atoms with Crippen LogP contribution in [0.2, 0.25) is 0 Å². The van der Waals surface area contributed by atoms with Crippen LogP contribution in [0.1, 0.15) is 44.2 Å². The summed E-state index contributed by atoms with van der Waals surface area (Å²) >= 11 is 2.07. The number of aryl methyl sites for hydroxylation is 1. The minimum absolute atomic E-state index is 0.175. The van der Waals surface area contributed by atoms with E-state index in [-0.39, 0.29) is 6.04 Å². The van der Waals surface area contributed by atoms with Gasteiger partial charge in [0.25, 0.3) is 0 Å². The molecule has 2 heterocycles. The number of nitrogens with two attached hydrogens (primary N) is 1. The van der Waals surface area contributed by atoms with Gasteiger partial charge in [0.2, 0.25) is 0 Å². The molecule has 1 aliphatic rings. The highest BCUT2D eigenvalue weighted by atomic mass is 32.2. The Morgan fingerprint density at radius 1 is 1.53 bits per heavy atom. The molecule has 0 spiro atoms. The molecule has 1 fully saturated rings. The smallest absolute Gasteiger partial charge is 0.0537 e. The van der Waals surface area contributed by atoms with Crippen LogP contribution in [-0.2, 0) is 6.54 Å². The summed E-state index contributed by atoms with van der Waals surface area (Å²) in [6.07, 6.45) is 8.97. The predicted octanol–water partition coefficient (Wildman–Crippen LogP) is 2.83. The number of thioether (sulfide) groups is 1. The molecule has 1 aliphatic heterocycles. The molecule has 0 saturated carbocycles. The van der Waals surface area contributed by atoms with Crippen LogP contribution in [0.4, 0.5) is 0 Å². The standard InChI is InChI=1S/C13H23N3S/c1-2-5-16-10-12(9-15-16)13(14)8-11-3-6-17-7-4-11/h9-11,13H,2-8,14H2,1H3. The van der Waals surface area contributed by atoms with Gasteiger partial charge in [0.05, 0.1) is 6.20 Å². The van der Waals surface area contributed by atoms with Gasteiger partial charge in [-0.3, -0.25) is 4.68 Å². The number of hydrogen-bond donors (Lipinski definition) is 1. The molecule has 96 valence electrons. The summed E-state index contributed by atoms with van der Waals surface area (Å²) in [6.45, 7) is 3.16. The number of rotatable bonds is 5. The van der Waals surface area contributed by atoms with Crippen molar-refractivity contribution in [3.8, 4) is 0 Å². The lowest BCUT2D eigenvalue weighted by atomic mass is 9.92. The monoisotopic (exact) mass is 253 g/mol. The van der Waals surface area contributed by atoms with Crippen molar-refractivity contribution >= 4 is 11.8 Å². The van der Waals surface area contributed by atoms with E-state index in [2.05, 4.69) is 30.0 Å². The molecule has 3 nitrogen and oxygen atoms in total. The Morgan fingerprint density at radius 2 is 2.29 bits per heavy atom. The van der Waals surface area contributed by atoms with Gasteiger partial charge in [-0.2, -0.15) is 16.9 Å². The topological polar surface area (TPSA) is 43.8 Å². The Hall–Kier alpha value is -0.480. The molecule has 1 aromatic rings. The summed E-state index contributed by atoms with van der Waals surface area (Å²) in [5.41, 5.74) is 7.48. The highest BCUT2D eigenvalue weighted by molar-refractivity contribution is 7.99. The van der Waals surface area contributed by atoms with Crippen LogP contribution in [0.15, 0.2) is 12.4 Å². The fourth-order valence-electron chi connectivity index (χ4n) is 2.40. The van der Waals surface area contributed by atoms with E-state index < -0.39 is 0 Å². The quantitative estimate of drug-likeness (QED) is 0.877. The lowest BCUT2D eigenvalue weighted by molar-refractivity contribution is 0.413. The maximum absolute atomic E-state index is 6.28. The summed E-state index contributed by atoms with van der Waals surface area (Å²) in [5, 5.41) is 4.35. The van der Waals surface area contributed by atoms with Crippen molar-refractivity contribution in [1.29, 1.82) is 0 Å². The second kappa shape index (κ2) is 6.45. The van der Waals surface area contributed by atoms with E-state index in [0.29, 0.717) is 0 Å². The first-order chi connectivity index (χ1) is 8.29. The van der Waals surface area contributed by atoms with E-state index >= 15 is 0 Å². The lowest BCUT2D eigenvalue weighted by Crippen LogP contribution is -2.18. The number of hydrogen-bond acceptors (Lipinski definition) is 3. The molecule has 0 bridgehead atoms. The van der Waals surface area contributed by atoms with E-state index in [1.165, 1.54) is 29.9 Å². The van der Waals surface area contributed by atoms with Crippen LogP contribution in [0.5, 0.6) is 0 Å². The molecule has 1 atom stereocenters. The molecule has 1 aromatic heterocycles. The largest absolute Gasteiger partial charge is 0.324 e. The van der Waals surface area contributed by atoms with Crippen molar-refractivity contribution in [2.45, 2.75) is 45.2 Å². The minimum Gasteiger partial charge on any atom is -0.324 e. The van der Waals surface area contributed by atoms with Gasteiger partial charge in [0.1, 0.15) is 0 Å². The molecule has 1 saturated heterocycles. The first kappa shape index (κ1) is 13.0. The lowest BCUT2D eigenvalue weighted by Gasteiger charge is -2.23. The van der Waals surface area contributed by atoms with E-state index in [1.54, 1.807) is 0 Å². The van der Waals surface area contributed by atoms with Crippen molar-refractivity contribution in [2.24, 2.45) is 11.7 Å². The van der Waals surface area contributed by atoms with Gasteiger partial charge in [-0.05, 0) is 43.1 Å². The molecule has 17 heavy (non-hydrogen) atoms. The van der Waals surface area contributed by atoms with Crippen LogP contribution in [0, 0.1) is 5.92 Å². The first-order valence-electron chi connectivity index (χ1n) is 6.65. The highest BCUT2D eigenvalue weighted by Crippen LogP contribution is 2.29. The van der Waals surface area contributed by atoms with Gasteiger partial charge in [0.15, 0.2) is 0 Å². The van der Waals surface area contributed by atoms with Crippen molar-refractivity contribution in [2.75, 3.05) is 11.5 Å². The Morgan fingerprint density at radius 3 is 3.00 bits per heavy atom. The van der Waals surface area contributed by atoms with Crippen LogP contribution < -0.4 is 5.73 Å². The Kier molecular flexibility index (Phi) is 4.92. The minimum atomic E-state index is 0.175. The predicted molar refractivity (Wildman–Crippen MR) is 74.1 cm³/mol. The van der Waals surface area contributed by atoms with Crippen molar-refractivity contribution in [3.63, 3.8) is 0 Å². The summed E-state index contributed by atoms with van der Waals surface area (Å²) in [5.74, 6) is 3.44. The van der Waals surface area contributed by atoms with E-state index in [0.717, 1.165) is 25.3 Å². The summed E-state index contributed by atoms with van der Waals surface area (Å²) in [6, 6.07) is 0.175. The van der Waals surface area contributed by atoms with Crippen LogP contribution in [-0.4, -0.2) is 21.3 Å². The summed E-state index contributed by atoms with van der Waals surface area (Å²) in [4.78, 5) is 0. The van der Waals surface area contributed by atoms with E-state index in [9.17, 15) is 0 Å². The van der Waals surface area contributed by atoms with Crippen LogP contribution >= 0.6 is 11.8 Å². The third-order valence-corrected chi connectivity index (χ3v) is 4.51. The van der Waals surface area contributed by atoms with Gasteiger partial charge >= 0.3 is 0 Å². The maximum atomic E-state index is 6.28. The Bertz CT molecular complexity index is 331. The average molecular weight is 253 g/mol. The van der Waals surface area contributed by atoms with E-state index in [4.69, 9.17) is 5.73 Å². The molecule has 1 unspecified atom stereocenters. The second-order valence-corrected chi connectivity index (χ2v) is 6.16. The van der Waals surface area contributed by atoms with Gasteiger partial charge in [-0.25, -0.2) is 0 Å². The van der Waals surface area contributed by atoms with Gasteiger partial charge in [-0.1, -0.05) is 6.92 Å². The zero-order chi connectivity index (χ0) is 12.1. The second-order valence-electron chi connectivity index (χ2n) is 4.93. The zero-order valence-corrected chi connectivity index (χ0v) is 11.5. The number of nitrogens with zero attached hydrogens (tertiary/aromatic N) is 2. The van der Waals surface area contributed by atoms with Gasteiger partial charge in [-0.15, -0.1) is 0 Å².